The fourth-order valence-corrected chi connectivity index (χ4v) is 1.85. The predicted octanol–water partition coefficient (Wildman–Crippen LogP) is 0.476. The van der Waals surface area contributed by atoms with E-state index < -0.39 is 41.2 Å². The smallest absolute Gasteiger partial charge is 0.305 e. The van der Waals surface area contributed by atoms with Gasteiger partial charge in [-0.15, -0.1) is 0 Å². The Labute approximate surface area is 143 Å². The first kappa shape index (κ1) is 20.0. The van der Waals surface area contributed by atoms with Gasteiger partial charge in [0.25, 0.3) is 5.69 Å². The molecule has 136 valence electrons. The number of nitrogens with zero attached hydrogens (tertiary/aromatic N) is 1. The molecule has 1 rings (SSSR count). The lowest BCUT2D eigenvalue weighted by Gasteiger charge is -2.21. The molecule has 1 aromatic rings. The largest absolute Gasteiger partial charge is 0.481 e. The predicted molar refractivity (Wildman–Crippen MR) is 88.7 cm³/mol. The molecule has 0 saturated carbocycles. The van der Waals surface area contributed by atoms with E-state index in [9.17, 15) is 24.5 Å². The lowest BCUT2D eigenvalue weighted by atomic mass is 10.0. The van der Waals surface area contributed by atoms with Gasteiger partial charge in [0.15, 0.2) is 0 Å². The normalized spacial score (nSPS) is 13.0. The van der Waals surface area contributed by atoms with E-state index in [1.807, 2.05) is 0 Å². The number of amides is 2. The van der Waals surface area contributed by atoms with Crippen LogP contribution >= 0.6 is 0 Å². The number of aliphatic carboxylic acids is 1. The molecule has 10 nitrogen and oxygen atoms in total. The van der Waals surface area contributed by atoms with Crippen LogP contribution in [0.4, 0.5) is 11.4 Å². The zero-order valence-electron chi connectivity index (χ0n) is 13.8. The highest BCUT2D eigenvalue weighted by Gasteiger charge is 2.27. The summed E-state index contributed by atoms with van der Waals surface area (Å²) in [5, 5.41) is 24.2. The van der Waals surface area contributed by atoms with Crippen molar-refractivity contribution in [2.45, 2.75) is 32.4 Å². The van der Waals surface area contributed by atoms with E-state index in [1.54, 1.807) is 13.8 Å². The molecule has 0 bridgehead atoms. The number of non-ortho nitro benzene ring substituents is 1. The maximum Gasteiger partial charge on any atom is 0.305 e. The van der Waals surface area contributed by atoms with E-state index in [0.29, 0.717) is 0 Å². The van der Waals surface area contributed by atoms with Gasteiger partial charge < -0.3 is 21.5 Å². The van der Waals surface area contributed by atoms with Crippen LogP contribution in [0.1, 0.15) is 20.3 Å². The minimum Gasteiger partial charge on any atom is -0.481 e. The van der Waals surface area contributed by atoms with Crippen molar-refractivity contribution in [2.24, 2.45) is 11.7 Å². The zero-order valence-corrected chi connectivity index (χ0v) is 13.8. The molecule has 2 amide bonds. The summed E-state index contributed by atoms with van der Waals surface area (Å²) in [5.74, 6) is -2.87. The highest BCUT2D eigenvalue weighted by atomic mass is 16.6. The van der Waals surface area contributed by atoms with E-state index >= 15 is 0 Å². The summed E-state index contributed by atoms with van der Waals surface area (Å²) in [5.41, 5.74) is 5.76. The first-order valence-corrected chi connectivity index (χ1v) is 7.45. The second kappa shape index (κ2) is 8.73. The molecule has 0 aliphatic heterocycles. The first-order valence-electron chi connectivity index (χ1n) is 7.45. The van der Waals surface area contributed by atoms with Crippen molar-refractivity contribution in [1.29, 1.82) is 0 Å². The van der Waals surface area contributed by atoms with Crippen LogP contribution in [0.15, 0.2) is 24.3 Å². The Bertz CT molecular complexity index is 658. The SMILES string of the molecule is CC(C)[C@H](N)C(=O)N[C@@H](CC(=O)O)C(=O)Nc1ccc([N+](=O)[O-])cc1. The number of nitro groups is 1. The van der Waals surface area contributed by atoms with E-state index in [0.717, 1.165) is 0 Å². The van der Waals surface area contributed by atoms with Gasteiger partial charge in [-0.25, -0.2) is 0 Å². The van der Waals surface area contributed by atoms with Crippen molar-refractivity contribution in [3.63, 3.8) is 0 Å². The van der Waals surface area contributed by atoms with Gasteiger partial charge in [0.1, 0.15) is 6.04 Å². The monoisotopic (exact) mass is 352 g/mol. The number of nitrogens with one attached hydrogen (secondary N) is 2. The van der Waals surface area contributed by atoms with Gasteiger partial charge in [0, 0.05) is 17.8 Å². The van der Waals surface area contributed by atoms with E-state index in [2.05, 4.69) is 10.6 Å². The van der Waals surface area contributed by atoms with Gasteiger partial charge in [0.05, 0.1) is 17.4 Å². The number of nitro benzene ring substituents is 1. The van der Waals surface area contributed by atoms with Gasteiger partial charge in [-0.3, -0.25) is 24.5 Å². The summed E-state index contributed by atoms with van der Waals surface area (Å²) in [6, 6.07) is 2.77. The third-order valence-corrected chi connectivity index (χ3v) is 3.38. The number of carbonyl (C=O) groups is 3. The summed E-state index contributed by atoms with van der Waals surface area (Å²) < 4.78 is 0. The molecule has 0 spiro atoms. The van der Waals surface area contributed by atoms with Crippen molar-refractivity contribution >= 4 is 29.2 Å². The summed E-state index contributed by atoms with van der Waals surface area (Å²) in [6.45, 7) is 3.43. The molecule has 0 heterocycles. The van der Waals surface area contributed by atoms with Crippen molar-refractivity contribution in [2.75, 3.05) is 5.32 Å². The number of rotatable bonds is 8. The number of anilines is 1. The molecule has 10 heteroatoms. The summed E-state index contributed by atoms with van der Waals surface area (Å²) >= 11 is 0. The average molecular weight is 352 g/mol. The summed E-state index contributed by atoms with van der Waals surface area (Å²) in [4.78, 5) is 45.1. The van der Waals surface area contributed by atoms with Gasteiger partial charge >= 0.3 is 5.97 Å². The Morgan fingerprint density at radius 3 is 2.20 bits per heavy atom. The molecule has 1 aromatic carbocycles. The molecule has 0 aromatic heterocycles. The van der Waals surface area contributed by atoms with Crippen molar-refractivity contribution in [3.8, 4) is 0 Å². The quantitative estimate of drug-likeness (QED) is 0.390. The van der Waals surface area contributed by atoms with Gasteiger partial charge in [-0.1, -0.05) is 13.8 Å². The third kappa shape index (κ3) is 6.18. The number of carboxylic acids is 1. The summed E-state index contributed by atoms with van der Waals surface area (Å²) in [7, 11) is 0. The van der Waals surface area contributed by atoms with E-state index in [4.69, 9.17) is 10.8 Å². The van der Waals surface area contributed by atoms with Crippen LogP contribution in [0.2, 0.25) is 0 Å². The second-order valence-electron chi connectivity index (χ2n) is 5.72. The molecular formula is C15H20N4O6. The van der Waals surface area contributed by atoms with E-state index in [1.165, 1.54) is 24.3 Å². The lowest BCUT2D eigenvalue weighted by Crippen LogP contribution is -2.52. The molecule has 0 unspecified atom stereocenters. The Morgan fingerprint density at radius 2 is 1.76 bits per heavy atom. The van der Waals surface area contributed by atoms with Crippen LogP contribution in [0, 0.1) is 16.0 Å². The molecule has 0 aliphatic rings. The number of carbonyl (C=O) groups excluding carboxylic acids is 2. The maximum absolute atomic E-state index is 12.2. The van der Waals surface area contributed by atoms with Crippen molar-refractivity contribution < 1.29 is 24.4 Å². The zero-order chi connectivity index (χ0) is 19.1. The third-order valence-electron chi connectivity index (χ3n) is 3.38. The van der Waals surface area contributed by atoms with Crippen LogP contribution < -0.4 is 16.4 Å². The van der Waals surface area contributed by atoms with E-state index in [-0.39, 0.29) is 17.3 Å². The molecule has 2 atom stereocenters. The van der Waals surface area contributed by atoms with Crippen molar-refractivity contribution in [3.05, 3.63) is 34.4 Å². The minimum atomic E-state index is -1.33. The number of carboxylic acid groups (broad SMARTS) is 1. The first-order chi connectivity index (χ1) is 11.6. The Balaban J connectivity index is 2.84. The average Bonchev–Trinajstić information content (AvgIpc) is 2.53. The van der Waals surface area contributed by atoms with Crippen LogP contribution in [-0.4, -0.2) is 39.9 Å². The number of nitrogens with two attached hydrogens (primary N) is 1. The Hall–Kier alpha value is -3.01. The standard InChI is InChI=1S/C15H20N4O6/c1-8(2)13(16)15(23)18-11(7-12(20)21)14(22)17-9-3-5-10(6-4-9)19(24)25/h3-6,8,11,13H,7,16H2,1-2H3,(H,17,22)(H,18,23)(H,20,21)/t11-,13-/m0/s1. The lowest BCUT2D eigenvalue weighted by molar-refractivity contribution is -0.384. The van der Waals surface area contributed by atoms with Gasteiger partial charge in [0.2, 0.25) is 11.8 Å². The Kier molecular flexibility index (Phi) is 7.00. The van der Waals surface area contributed by atoms with Crippen LogP contribution in [-0.2, 0) is 14.4 Å². The highest BCUT2D eigenvalue weighted by molar-refractivity contribution is 5.99. The summed E-state index contributed by atoms with van der Waals surface area (Å²) in [6.07, 6.45) is -0.630. The molecule has 0 radical (unpaired) electrons. The maximum atomic E-state index is 12.2. The second-order valence-corrected chi connectivity index (χ2v) is 5.72. The number of benzene rings is 1. The molecule has 0 saturated heterocycles. The molecule has 0 fully saturated rings. The topological polar surface area (TPSA) is 165 Å². The van der Waals surface area contributed by atoms with Crippen LogP contribution in [0.25, 0.3) is 0 Å². The number of hydrogen-bond donors (Lipinski definition) is 4. The van der Waals surface area contributed by atoms with Gasteiger partial charge in [-0.05, 0) is 18.1 Å². The highest BCUT2D eigenvalue weighted by Crippen LogP contribution is 2.15. The van der Waals surface area contributed by atoms with Gasteiger partial charge in [-0.2, -0.15) is 0 Å². The molecule has 5 N–H and O–H groups in total. The van der Waals surface area contributed by atoms with Crippen LogP contribution in [0.3, 0.4) is 0 Å². The van der Waals surface area contributed by atoms with Crippen molar-refractivity contribution in [1.82, 2.24) is 5.32 Å². The molecular weight excluding hydrogens is 332 g/mol. The van der Waals surface area contributed by atoms with Crippen LogP contribution in [0.5, 0.6) is 0 Å². The molecule has 0 aliphatic carbocycles. The fourth-order valence-electron chi connectivity index (χ4n) is 1.85. The number of hydrogen-bond acceptors (Lipinski definition) is 6. The molecule has 25 heavy (non-hydrogen) atoms. The fraction of sp³-hybridized carbons (Fsp3) is 0.400. The Morgan fingerprint density at radius 1 is 1.20 bits per heavy atom. The minimum absolute atomic E-state index is 0.156.